The normalized spacial score (nSPS) is 10.1. The Hall–Kier alpha value is -2.10. The fraction of sp³-hybridized carbons (Fsp3) is 0.231. The Balaban J connectivity index is 1.71. The van der Waals surface area contributed by atoms with Crippen molar-refractivity contribution in [1.82, 2.24) is 15.5 Å². The second-order valence-corrected chi connectivity index (χ2v) is 3.87. The van der Waals surface area contributed by atoms with Crippen LogP contribution in [0.5, 0.6) is 0 Å². The van der Waals surface area contributed by atoms with E-state index in [0.29, 0.717) is 13.0 Å². The van der Waals surface area contributed by atoms with E-state index in [9.17, 15) is 4.79 Å². The summed E-state index contributed by atoms with van der Waals surface area (Å²) in [6.07, 6.45) is 4.77. The monoisotopic (exact) mass is 229 g/mol. The van der Waals surface area contributed by atoms with Gasteiger partial charge in [-0.05, 0) is 12.0 Å². The maximum absolute atomic E-state index is 11.6. The first-order chi connectivity index (χ1) is 8.34. The molecule has 0 aliphatic rings. The van der Waals surface area contributed by atoms with Crippen LogP contribution in [0.25, 0.3) is 0 Å². The molecule has 0 radical (unpaired) electrons. The lowest BCUT2D eigenvalue weighted by Crippen LogP contribution is -2.22. The van der Waals surface area contributed by atoms with Crippen LogP contribution in [0.2, 0.25) is 0 Å². The van der Waals surface area contributed by atoms with E-state index in [1.165, 1.54) is 5.56 Å². The molecule has 0 spiro atoms. The summed E-state index contributed by atoms with van der Waals surface area (Å²) in [5, 5.41) is 9.38. The van der Waals surface area contributed by atoms with E-state index < -0.39 is 0 Å². The molecule has 4 heteroatoms. The van der Waals surface area contributed by atoms with Gasteiger partial charge in [-0.15, -0.1) is 0 Å². The summed E-state index contributed by atoms with van der Waals surface area (Å²) in [6.45, 7) is 0.532. The molecule has 0 fully saturated rings. The van der Waals surface area contributed by atoms with E-state index in [2.05, 4.69) is 15.5 Å². The van der Waals surface area contributed by atoms with Crippen molar-refractivity contribution in [3.8, 4) is 0 Å². The highest BCUT2D eigenvalue weighted by Crippen LogP contribution is 2.02. The van der Waals surface area contributed by atoms with E-state index in [1.54, 1.807) is 12.4 Å². The molecule has 1 amide bonds. The van der Waals surface area contributed by atoms with Gasteiger partial charge in [0, 0.05) is 24.7 Å². The number of aryl methyl sites for hydroxylation is 1. The lowest BCUT2D eigenvalue weighted by atomic mass is 10.1. The fourth-order valence-electron chi connectivity index (χ4n) is 1.57. The molecule has 0 aliphatic heterocycles. The van der Waals surface area contributed by atoms with Gasteiger partial charge < -0.3 is 5.32 Å². The molecule has 0 saturated carbocycles. The Morgan fingerprint density at radius 1 is 1.24 bits per heavy atom. The molecule has 2 rings (SSSR count). The first-order valence-corrected chi connectivity index (χ1v) is 5.63. The third-order valence-corrected chi connectivity index (χ3v) is 2.53. The van der Waals surface area contributed by atoms with Gasteiger partial charge in [-0.2, -0.15) is 5.10 Å². The van der Waals surface area contributed by atoms with Crippen molar-refractivity contribution in [2.75, 3.05) is 0 Å². The number of H-pyrrole nitrogens is 1. The molecule has 17 heavy (non-hydrogen) atoms. The third-order valence-electron chi connectivity index (χ3n) is 2.53. The molecular formula is C13H15N3O. The van der Waals surface area contributed by atoms with Gasteiger partial charge in [-0.25, -0.2) is 0 Å². The van der Waals surface area contributed by atoms with Crippen LogP contribution in [0.3, 0.4) is 0 Å². The highest BCUT2D eigenvalue weighted by atomic mass is 16.1. The average Bonchev–Trinajstić information content (AvgIpc) is 2.88. The van der Waals surface area contributed by atoms with E-state index in [0.717, 1.165) is 12.0 Å². The molecule has 1 aromatic carbocycles. The van der Waals surface area contributed by atoms with Crippen molar-refractivity contribution in [1.29, 1.82) is 0 Å². The van der Waals surface area contributed by atoms with Crippen LogP contribution in [-0.2, 0) is 17.8 Å². The highest BCUT2D eigenvalue weighted by Gasteiger charge is 2.02. The number of nitrogens with zero attached hydrogens (tertiary/aromatic N) is 1. The van der Waals surface area contributed by atoms with E-state index in [4.69, 9.17) is 0 Å². The number of amides is 1. The number of nitrogens with one attached hydrogen (secondary N) is 2. The zero-order valence-corrected chi connectivity index (χ0v) is 9.52. The molecular weight excluding hydrogens is 214 g/mol. The zero-order valence-electron chi connectivity index (χ0n) is 9.52. The minimum atomic E-state index is 0.0649. The van der Waals surface area contributed by atoms with Crippen LogP contribution < -0.4 is 5.32 Å². The van der Waals surface area contributed by atoms with Crippen molar-refractivity contribution in [3.63, 3.8) is 0 Å². The summed E-state index contributed by atoms with van der Waals surface area (Å²) in [5.41, 5.74) is 2.17. The minimum Gasteiger partial charge on any atom is -0.352 e. The number of hydrogen-bond acceptors (Lipinski definition) is 2. The number of benzene rings is 1. The SMILES string of the molecule is O=C(CCc1ccccc1)NCc1cn[nH]c1. The number of carbonyl (C=O) groups excluding carboxylic acids is 1. The molecule has 0 aliphatic carbocycles. The molecule has 1 heterocycles. The van der Waals surface area contributed by atoms with Crippen molar-refractivity contribution >= 4 is 5.91 Å². The molecule has 1 aromatic heterocycles. The largest absolute Gasteiger partial charge is 0.352 e. The van der Waals surface area contributed by atoms with Gasteiger partial charge in [0.05, 0.1) is 6.20 Å². The van der Waals surface area contributed by atoms with Crippen LogP contribution in [0, 0.1) is 0 Å². The van der Waals surface area contributed by atoms with Crippen LogP contribution >= 0.6 is 0 Å². The molecule has 0 bridgehead atoms. The Kier molecular flexibility index (Phi) is 3.91. The van der Waals surface area contributed by atoms with Crippen LogP contribution in [0.1, 0.15) is 17.5 Å². The first-order valence-electron chi connectivity index (χ1n) is 5.63. The van der Waals surface area contributed by atoms with Crippen LogP contribution in [0.15, 0.2) is 42.7 Å². The molecule has 0 unspecified atom stereocenters. The number of hydrogen-bond donors (Lipinski definition) is 2. The number of aromatic amines is 1. The first kappa shape index (κ1) is 11.4. The van der Waals surface area contributed by atoms with Gasteiger partial charge in [0.15, 0.2) is 0 Å². The van der Waals surface area contributed by atoms with Crippen molar-refractivity contribution in [2.45, 2.75) is 19.4 Å². The second kappa shape index (κ2) is 5.84. The summed E-state index contributed by atoms with van der Waals surface area (Å²) in [5.74, 6) is 0.0649. The second-order valence-electron chi connectivity index (χ2n) is 3.87. The van der Waals surface area contributed by atoms with Gasteiger partial charge in [0.2, 0.25) is 5.91 Å². The minimum absolute atomic E-state index is 0.0649. The fourth-order valence-corrected chi connectivity index (χ4v) is 1.57. The van der Waals surface area contributed by atoms with Crippen LogP contribution in [-0.4, -0.2) is 16.1 Å². The predicted molar refractivity (Wildman–Crippen MR) is 65.2 cm³/mol. The standard InChI is InChI=1S/C13H15N3O/c17-13(14-8-12-9-15-16-10-12)7-6-11-4-2-1-3-5-11/h1-5,9-10H,6-8H2,(H,14,17)(H,15,16). The molecule has 4 nitrogen and oxygen atoms in total. The predicted octanol–water partition coefficient (Wildman–Crippen LogP) is 1.66. The summed E-state index contributed by atoms with van der Waals surface area (Å²) in [7, 11) is 0. The molecule has 0 saturated heterocycles. The van der Waals surface area contributed by atoms with Gasteiger partial charge >= 0.3 is 0 Å². The van der Waals surface area contributed by atoms with Gasteiger partial charge in [0.25, 0.3) is 0 Å². The summed E-state index contributed by atoms with van der Waals surface area (Å²) >= 11 is 0. The van der Waals surface area contributed by atoms with E-state index in [-0.39, 0.29) is 5.91 Å². The maximum Gasteiger partial charge on any atom is 0.220 e. The smallest absolute Gasteiger partial charge is 0.220 e. The van der Waals surface area contributed by atoms with Crippen molar-refractivity contribution in [3.05, 3.63) is 53.9 Å². The summed E-state index contributed by atoms with van der Waals surface area (Å²) in [6, 6.07) is 10.0. The van der Waals surface area contributed by atoms with Gasteiger partial charge in [-0.3, -0.25) is 9.89 Å². The third kappa shape index (κ3) is 3.75. The Bertz CT molecular complexity index is 451. The average molecular weight is 229 g/mol. The zero-order chi connectivity index (χ0) is 11.9. The van der Waals surface area contributed by atoms with Crippen molar-refractivity contribution < 1.29 is 4.79 Å². The van der Waals surface area contributed by atoms with E-state index in [1.807, 2.05) is 30.3 Å². The Morgan fingerprint density at radius 2 is 2.06 bits per heavy atom. The number of aromatic nitrogens is 2. The topological polar surface area (TPSA) is 57.8 Å². The molecule has 88 valence electrons. The van der Waals surface area contributed by atoms with Crippen LogP contribution in [0.4, 0.5) is 0 Å². The number of rotatable bonds is 5. The quantitative estimate of drug-likeness (QED) is 0.819. The molecule has 2 aromatic rings. The lowest BCUT2D eigenvalue weighted by Gasteiger charge is -2.03. The molecule has 2 N–H and O–H groups in total. The highest BCUT2D eigenvalue weighted by molar-refractivity contribution is 5.76. The Labute approximate surface area is 100 Å². The lowest BCUT2D eigenvalue weighted by molar-refractivity contribution is -0.121. The van der Waals surface area contributed by atoms with E-state index >= 15 is 0 Å². The summed E-state index contributed by atoms with van der Waals surface area (Å²) in [4.78, 5) is 11.6. The number of carbonyl (C=O) groups is 1. The Morgan fingerprint density at radius 3 is 2.76 bits per heavy atom. The van der Waals surface area contributed by atoms with Gasteiger partial charge in [0.1, 0.15) is 0 Å². The van der Waals surface area contributed by atoms with Gasteiger partial charge in [-0.1, -0.05) is 30.3 Å². The maximum atomic E-state index is 11.6. The summed E-state index contributed by atoms with van der Waals surface area (Å²) < 4.78 is 0. The van der Waals surface area contributed by atoms with Crippen molar-refractivity contribution in [2.24, 2.45) is 0 Å². The molecule has 0 atom stereocenters.